The molecule has 1 rings (SSSR count). The van der Waals surface area contributed by atoms with Crippen molar-refractivity contribution in [3.8, 4) is 0 Å². The molecule has 1 saturated carbocycles. The molecule has 1 fully saturated rings. The highest BCUT2D eigenvalue weighted by Crippen LogP contribution is 2.32. The fraction of sp³-hybridized carbons (Fsp3) is 0.917. The van der Waals surface area contributed by atoms with Crippen molar-refractivity contribution in [3.05, 3.63) is 0 Å². The van der Waals surface area contributed by atoms with Gasteiger partial charge in [0, 0.05) is 12.8 Å². The fourth-order valence-electron chi connectivity index (χ4n) is 1.47. The minimum atomic E-state index is 0.301. The Bertz CT molecular complexity index is 125. The largest absolute Gasteiger partial charge is 0.300 e. The molecule has 0 bridgehead atoms. The molecule has 80 valence electrons. The van der Waals surface area contributed by atoms with Gasteiger partial charge in [0.25, 0.3) is 0 Å². The van der Waals surface area contributed by atoms with E-state index < -0.39 is 0 Å². The van der Waals surface area contributed by atoms with E-state index >= 15 is 0 Å². The molecule has 0 aromatic carbocycles. The lowest BCUT2D eigenvalue weighted by Gasteiger charge is -2.27. The summed E-state index contributed by atoms with van der Waals surface area (Å²) in [5.41, 5.74) is 0.301. The normalized spacial score (nSPS) is 19.1. The summed E-state index contributed by atoms with van der Waals surface area (Å²) in [4.78, 5) is 10.9. The predicted octanol–water partition coefficient (Wildman–Crippen LogP) is 4.21. The van der Waals surface area contributed by atoms with Crippen molar-refractivity contribution >= 4 is 5.78 Å². The van der Waals surface area contributed by atoms with Gasteiger partial charge < -0.3 is 0 Å². The first-order chi connectivity index (χ1) is 6.10. The minimum Gasteiger partial charge on any atom is -0.300 e. The van der Waals surface area contributed by atoms with E-state index in [2.05, 4.69) is 13.8 Å². The minimum absolute atomic E-state index is 0.301. The van der Waals surface area contributed by atoms with Crippen LogP contribution in [-0.4, -0.2) is 5.78 Å². The van der Waals surface area contributed by atoms with Crippen molar-refractivity contribution < 1.29 is 4.79 Å². The van der Waals surface area contributed by atoms with Crippen LogP contribution in [0.1, 0.15) is 67.2 Å². The molecule has 0 unspecified atom stereocenters. The fourth-order valence-corrected chi connectivity index (χ4v) is 1.47. The molecule has 0 atom stereocenters. The maximum absolute atomic E-state index is 10.9. The average molecular weight is 186 g/mol. The van der Waals surface area contributed by atoms with E-state index in [-0.39, 0.29) is 0 Å². The summed E-state index contributed by atoms with van der Waals surface area (Å²) in [6.07, 6.45) is 3.95. The van der Waals surface area contributed by atoms with E-state index in [1.165, 1.54) is 6.42 Å². The van der Waals surface area contributed by atoms with Gasteiger partial charge in [-0.15, -0.1) is 0 Å². The van der Waals surface area contributed by atoms with Crippen LogP contribution in [0.25, 0.3) is 0 Å². The van der Waals surface area contributed by atoms with Crippen molar-refractivity contribution in [2.24, 2.45) is 5.41 Å². The van der Waals surface area contributed by atoms with Crippen LogP contribution < -0.4 is 0 Å². The molecule has 13 heavy (non-hydrogen) atoms. The molecule has 0 spiro atoms. The van der Waals surface area contributed by atoms with Crippen molar-refractivity contribution in [2.75, 3.05) is 0 Å². The molecule has 0 aromatic heterocycles. The first-order valence-corrected chi connectivity index (χ1v) is 5.62. The smallest absolute Gasteiger partial charge is 0.133 e. The highest BCUT2D eigenvalue weighted by Gasteiger charge is 2.25. The second kappa shape index (κ2) is 8.28. The van der Waals surface area contributed by atoms with Gasteiger partial charge in [-0.05, 0) is 18.3 Å². The standard InChI is InChI=1S/C8H14O.2C2H6/c1-8(2)5-3-4-7(9)6-8;2*1-2/h3-6H2,1-2H3;2*1-2H3. The van der Waals surface area contributed by atoms with E-state index in [1.807, 2.05) is 27.7 Å². The lowest BCUT2D eigenvalue weighted by Crippen LogP contribution is -2.21. The van der Waals surface area contributed by atoms with Crippen molar-refractivity contribution in [1.82, 2.24) is 0 Å². The topological polar surface area (TPSA) is 17.1 Å². The number of Topliss-reactive ketones (excluding diaryl/α,β-unsaturated/α-hetero) is 1. The molecule has 0 N–H and O–H groups in total. The maximum Gasteiger partial charge on any atom is 0.133 e. The lowest BCUT2D eigenvalue weighted by atomic mass is 9.77. The Kier molecular flexibility index (Phi) is 9.65. The number of carbonyl (C=O) groups is 1. The van der Waals surface area contributed by atoms with Crippen molar-refractivity contribution in [1.29, 1.82) is 0 Å². The molecule has 0 aromatic rings. The van der Waals surface area contributed by atoms with Gasteiger partial charge in [0.2, 0.25) is 0 Å². The van der Waals surface area contributed by atoms with Gasteiger partial charge in [0.05, 0.1) is 0 Å². The molecule has 0 radical (unpaired) electrons. The van der Waals surface area contributed by atoms with Gasteiger partial charge in [-0.1, -0.05) is 41.5 Å². The molecule has 1 nitrogen and oxygen atoms in total. The van der Waals surface area contributed by atoms with Crippen LogP contribution >= 0.6 is 0 Å². The number of ketones is 1. The zero-order chi connectivity index (χ0) is 10.9. The molecule has 1 aliphatic carbocycles. The number of hydrogen-bond acceptors (Lipinski definition) is 1. The Morgan fingerprint density at radius 3 is 1.77 bits per heavy atom. The summed E-state index contributed by atoms with van der Waals surface area (Å²) < 4.78 is 0. The zero-order valence-electron chi connectivity index (χ0n) is 10.2. The summed E-state index contributed by atoms with van der Waals surface area (Å²) in [6.45, 7) is 12.3. The SMILES string of the molecule is CC.CC.CC1(C)CCCC(=O)C1. The van der Waals surface area contributed by atoms with Crippen LogP contribution in [0.5, 0.6) is 0 Å². The van der Waals surface area contributed by atoms with Crippen molar-refractivity contribution in [3.63, 3.8) is 0 Å². The molecule has 0 heterocycles. The first kappa shape index (κ1) is 15.2. The summed E-state index contributed by atoms with van der Waals surface area (Å²) in [7, 11) is 0. The summed E-state index contributed by atoms with van der Waals surface area (Å²) >= 11 is 0. The molecule has 0 aliphatic heterocycles. The van der Waals surface area contributed by atoms with Crippen molar-refractivity contribution in [2.45, 2.75) is 67.2 Å². The molecule has 0 amide bonds. The molecular weight excluding hydrogens is 160 g/mol. The second-order valence-corrected chi connectivity index (χ2v) is 3.73. The zero-order valence-corrected chi connectivity index (χ0v) is 10.2. The van der Waals surface area contributed by atoms with E-state index in [0.717, 1.165) is 19.3 Å². The van der Waals surface area contributed by atoms with E-state index in [0.29, 0.717) is 11.2 Å². The quantitative estimate of drug-likeness (QED) is 0.554. The van der Waals surface area contributed by atoms with Gasteiger partial charge >= 0.3 is 0 Å². The number of rotatable bonds is 0. The second-order valence-electron chi connectivity index (χ2n) is 3.73. The number of hydrogen-bond donors (Lipinski definition) is 0. The molecule has 1 aliphatic rings. The predicted molar refractivity (Wildman–Crippen MR) is 60.0 cm³/mol. The Balaban J connectivity index is 0. The van der Waals surface area contributed by atoms with Gasteiger partial charge in [0.1, 0.15) is 5.78 Å². The summed E-state index contributed by atoms with van der Waals surface area (Å²) in [5.74, 6) is 0.450. The molecule has 1 heteroatoms. The van der Waals surface area contributed by atoms with Crippen LogP contribution in [0.2, 0.25) is 0 Å². The van der Waals surface area contributed by atoms with E-state index in [4.69, 9.17) is 0 Å². The summed E-state index contributed by atoms with van der Waals surface area (Å²) in [5, 5.41) is 0. The van der Waals surface area contributed by atoms with E-state index in [1.54, 1.807) is 0 Å². The first-order valence-electron chi connectivity index (χ1n) is 5.62. The Morgan fingerprint density at radius 2 is 1.54 bits per heavy atom. The third kappa shape index (κ3) is 8.01. The molecule has 0 saturated heterocycles. The van der Waals surface area contributed by atoms with Crippen LogP contribution in [0.4, 0.5) is 0 Å². The highest BCUT2D eigenvalue weighted by molar-refractivity contribution is 5.79. The van der Waals surface area contributed by atoms with Gasteiger partial charge in [0.15, 0.2) is 0 Å². The van der Waals surface area contributed by atoms with Crippen LogP contribution in [0.3, 0.4) is 0 Å². The van der Waals surface area contributed by atoms with Crippen LogP contribution in [0, 0.1) is 5.41 Å². The number of carbonyl (C=O) groups excluding carboxylic acids is 1. The monoisotopic (exact) mass is 186 g/mol. The Labute approximate surface area is 83.9 Å². The third-order valence-corrected chi connectivity index (χ3v) is 1.98. The van der Waals surface area contributed by atoms with Crippen LogP contribution in [-0.2, 0) is 4.79 Å². The Hall–Kier alpha value is -0.330. The van der Waals surface area contributed by atoms with Gasteiger partial charge in [-0.2, -0.15) is 0 Å². The van der Waals surface area contributed by atoms with Crippen LogP contribution in [0.15, 0.2) is 0 Å². The lowest BCUT2D eigenvalue weighted by molar-refractivity contribution is -0.122. The maximum atomic E-state index is 10.9. The summed E-state index contributed by atoms with van der Waals surface area (Å²) in [6, 6.07) is 0. The van der Waals surface area contributed by atoms with Gasteiger partial charge in [-0.25, -0.2) is 0 Å². The third-order valence-electron chi connectivity index (χ3n) is 1.98. The van der Waals surface area contributed by atoms with E-state index in [9.17, 15) is 4.79 Å². The molecular formula is C12H26O. The Morgan fingerprint density at radius 1 is 1.08 bits per heavy atom. The highest BCUT2D eigenvalue weighted by atomic mass is 16.1. The average Bonchev–Trinajstić information content (AvgIpc) is 2.09. The van der Waals surface area contributed by atoms with Gasteiger partial charge in [-0.3, -0.25) is 4.79 Å².